The summed E-state index contributed by atoms with van der Waals surface area (Å²) >= 11 is 0. The van der Waals surface area contributed by atoms with E-state index in [0.29, 0.717) is 13.1 Å². The third-order valence-corrected chi connectivity index (χ3v) is 4.03. The zero-order chi connectivity index (χ0) is 12.3. The lowest BCUT2D eigenvalue weighted by Crippen LogP contribution is -2.51. The van der Waals surface area contributed by atoms with Crippen molar-refractivity contribution in [2.24, 2.45) is 5.92 Å². The van der Waals surface area contributed by atoms with Crippen molar-refractivity contribution in [3.63, 3.8) is 0 Å². The average molecular weight is 240 g/mol. The van der Waals surface area contributed by atoms with Gasteiger partial charge in [-0.15, -0.1) is 0 Å². The van der Waals surface area contributed by atoms with Gasteiger partial charge in [0.2, 0.25) is 5.91 Å². The monoisotopic (exact) mass is 240 g/mol. The first-order valence-corrected chi connectivity index (χ1v) is 6.88. The molecular weight excluding hydrogens is 216 g/mol. The van der Waals surface area contributed by atoms with Crippen LogP contribution >= 0.6 is 0 Å². The number of carbonyl (C=O) groups is 1. The van der Waals surface area contributed by atoms with Crippen LogP contribution in [0, 0.1) is 5.92 Å². The summed E-state index contributed by atoms with van der Waals surface area (Å²) in [6.07, 6.45) is 5.01. The number of nitrogens with one attached hydrogen (secondary N) is 1. The molecule has 2 aliphatic rings. The van der Waals surface area contributed by atoms with Crippen LogP contribution < -0.4 is 5.32 Å². The van der Waals surface area contributed by atoms with E-state index in [9.17, 15) is 9.90 Å². The number of hydrogen-bond donors (Lipinski definition) is 2. The molecule has 2 fully saturated rings. The van der Waals surface area contributed by atoms with Gasteiger partial charge in [0.1, 0.15) is 0 Å². The average Bonchev–Trinajstić information content (AvgIpc) is 2.60. The molecule has 0 bridgehead atoms. The summed E-state index contributed by atoms with van der Waals surface area (Å²) in [5.74, 6) is 0.448. The predicted molar refractivity (Wildman–Crippen MR) is 66.6 cm³/mol. The second-order valence-electron chi connectivity index (χ2n) is 5.47. The Labute approximate surface area is 103 Å². The lowest BCUT2D eigenvalue weighted by molar-refractivity contribution is -0.137. The maximum absolute atomic E-state index is 12.3. The summed E-state index contributed by atoms with van der Waals surface area (Å²) in [5, 5.41) is 13.0. The van der Waals surface area contributed by atoms with Crippen molar-refractivity contribution in [1.29, 1.82) is 0 Å². The first-order chi connectivity index (χ1) is 8.18. The molecule has 0 aromatic carbocycles. The minimum absolute atomic E-state index is 0.0138. The highest BCUT2D eigenvalue weighted by atomic mass is 16.3. The number of aliphatic hydroxyl groups is 1. The zero-order valence-electron chi connectivity index (χ0n) is 10.7. The molecule has 2 aliphatic heterocycles. The van der Waals surface area contributed by atoms with Gasteiger partial charge in [0.25, 0.3) is 0 Å². The van der Waals surface area contributed by atoms with Crippen molar-refractivity contribution < 1.29 is 9.90 Å². The van der Waals surface area contributed by atoms with E-state index in [4.69, 9.17) is 0 Å². The fourth-order valence-electron chi connectivity index (χ4n) is 2.79. The van der Waals surface area contributed by atoms with Gasteiger partial charge in [-0.25, -0.2) is 0 Å². The van der Waals surface area contributed by atoms with Crippen LogP contribution in [0.1, 0.15) is 39.0 Å². The molecule has 0 saturated carbocycles. The first-order valence-electron chi connectivity index (χ1n) is 6.88. The Balaban J connectivity index is 1.90. The zero-order valence-corrected chi connectivity index (χ0v) is 10.7. The number of aliphatic hydroxyl groups excluding tert-OH is 1. The minimum atomic E-state index is -0.235. The maximum atomic E-state index is 12.3. The van der Waals surface area contributed by atoms with E-state index in [2.05, 4.69) is 5.32 Å². The molecule has 4 heteroatoms. The van der Waals surface area contributed by atoms with E-state index in [1.54, 1.807) is 0 Å². The van der Waals surface area contributed by atoms with Crippen LogP contribution in [0.25, 0.3) is 0 Å². The van der Waals surface area contributed by atoms with Crippen molar-refractivity contribution in [2.45, 2.75) is 51.2 Å². The van der Waals surface area contributed by atoms with Crippen LogP contribution in [0.15, 0.2) is 0 Å². The molecule has 1 amide bonds. The third kappa shape index (κ3) is 3.19. The topological polar surface area (TPSA) is 52.6 Å². The summed E-state index contributed by atoms with van der Waals surface area (Å²) in [7, 11) is 0. The van der Waals surface area contributed by atoms with Crippen LogP contribution in [-0.4, -0.2) is 47.7 Å². The fraction of sp³-hybridized carbons (Fsp3) is 0.923. The van der Waals surface area contributed by atoms with Crippen LogP contribution in [0.4, 0.5) is 0 Å². The molecule has 4 nitrogen and oxygen atoms in total. The molecule has 0 aliphatic carbocycles. The standard InChI is InChI=1S/C13H24N2O2/c1-10-9-15(8-6-12(10)16)13(17)11-5-3-2-4-7-14-11/h10-12,14,16H,2-9H2,1H3. The molecule has 0 radical (unpaired) electrons. The van der Waals surface area contributed by atoms with Crippen LogP contribution in [0.2, 0.25) is 0 Å². The van der Waals surface area contributed by atoms with Gasteiger partial charge >= 0.3 is 0 Å². The Kier molecular flexibility index (Phi) is 4.40. The van der Waals surface area contributed by atoms with Crippen molar-refractivity contribution in [3.05, 3.63) is 0 Å². The molecule has 2 heterocycles. The predicted octanol–water partition coefficient (Wildman–Crippen LogP) is 0.748. The van der Waals surface area contributed by atoms with Crippen LogP contribution in [0.5, 0.6) is 0 Å². The normalized spacial score (nSPS) is 35.4. The Morgan fingerprint density at radius 1 is 1.29 bits per heavy atom. The second-order valence-corrected chi connectivity index (χ2v) is 5.47. The summed E-state index contributed by atoms with van der Waals surface area (Å²) < 4.78 is 0. The number of piperidine rings is 1. The van der Waals surface area contributed by atoms with Crippen molar-refractivity contribution in [2.75, 3.05) is 19.6 Å². The molecule has 0 spiro atoms. The quantitative estimate of drug-likeness (QED) is 0.711. The van der Waals surface area contributed by atoms with E-state index in [1.807, 2.05) is 11.8 Å². The van der Waals surface area contributed by atoms with Gasteiger partial charge in [0.15, 0.2) is 0 Å². The van der Waals surface area contributed by atoms with Gasteiger partial charge < -0.3 is 15.3 Å². The number of rotatable bonds is 1. The summed E-state index contributed by atoms with van der Waals surface area (Å²) in [4.78, 5) is 14.3. The lowest BCUT2D eigenvalue weighted by Gasteiger charge is -2.36. The van der Waals surface area contributed by atoms with Gasteiger partial charge in [0.05, 0.1) is 12.1 Å². The molecule has 2 rings (SSSR count). The third-order valence-electron chi connectivity index (χ3n) is 4.03. The Bertz CT molecular complexity index is 262. The SMILES string of the molecule is CC1CN(C(=O)C2CCCCCN2)CCC1O. The van der Waals surface area contributed by atoms with Crippen molar-refractivity contribution >= 4 is 5.91 Å². The van der Waals surface area contributed by atoms with E-state index in [-0.39, 0.29) is 24.0 Å². The molecule has 3 atom stereocenters. The minimum Gasteiger partial charge on any atom is -0.393 e. The highest BCUT2D eigenvalue weighted by Crippen LogP contribution is 2.19. The molecule has 2 saturated heterocycles. The molecule has 17 heavy (non-hydrogen) atoms. The second kappa shape index (κ2) is 5.83. The molecule has 0 aromatic rings. The smallest absolute Gasteiger partial charge is 0.239 e. The Morgan fingerprint density at radius 3 is 2.88 bits per heavy atom. The van der Waals surface area contributed by atoms with Crippen molar-refractivity contribution in [1.82, 2.24) is 10.2 Å². The van der Waals surface area contributed by atoms with Gasteiger partial charge in [0, 0.05) is 13.1 Å². The van der Waals surface area contributed by atoms with E-state index in [0.717, 1.165) is 25.8 Å². The largest absolute Gasteiger partial charge is 0.393 e. The van der Waals surface area contributed by atoms with E-state index < -0.39 is 0 Å². The summed E-state index contributed by atoms with van der Waals surface area (Å²) in [6.45, 7) is 4.40. The summed E-state index contributed by atoms with van der Waals surface area (Å²) in [6, 6.07) is 0.0138. The van der Waals surface area contributed by atoms with Crippen LogP contribution in [0.3, 0.4) is 0 Å². The highest BCUT2D eigenvalue weighted by molar-refractivity contribution is 5.82. The number of likely N-dealkylation sites (tertiary alicyclic amines) is 1. The van der Waals surface area contributed by atoms with Gasteiger partial charge in [-0.2, -0.15) is 0 Å². The number of hydrogen-bond acceptors (Lipinski definition) is 3. The molecule has 98 valence electrons. The summed E-state index contributed by atoms with van der Waals surface area (Å²) in [5.41, 5.74) is 0. The number of carbonyl (C=O) groups excluding carboxylic acids is 1. The Morgan fingerprint density at radius 2 is 2.12 bits per heavy atom. The van der Waals surface area contributed by atoms with Gasteiger partial charge in [-0.3, -0.25) is 4.79 Å². The first kappa shape index (κ1) is 12.8. The molecule has 3 unspecified atom stereocenters. The van der Waals surface area contributed by atoms with Gasteiger partial charge in [-0.05, 0) is 31.7 Å². The maximum Gasteiger partial charge on any atom is 0.239 e. The molecule has 2 N–H and O–H groups in total. The lowest BCUT2D eigenvalue weighted by atomic mass is 9.96. The molecule has 0 aromatic heterocycles. The fourth-order valence-corrected chi connectivity index (χ4v) is 2.79. The molecular formula is C13H24N2O2. The number of amides is 1. The highest BCUT2D eigenvalue weighted by Gasteiger charge is 2.31. The van der Waals surface area contributed by atoms with Crippen molar-refractivity contribution in [3.8, 4) is 0 Å². The van der Waals surface area contributed by atoms with E-state index >= 15 is 0 Å². The number of nitrogens with zero attached hydrogens (tertiary/aromatic N) is 1. The van der Waals surface area contributed by atoms with Gasteiger partial charge in [-0.1, -0.05) is 19.8 Å². The van der Waals surface area contributed by atoms with Crippen LogP contribution in [-0.2, 0) is 4.79 Å². The van der Waals surface area contributed by atoms with E-state index in [1.165, 1.54) is 12.8 Å². The Hall–Kier alpha value is -0.610.